The van der Waals surface area contributed by atoms with E-state index < -0.39 is 13.4 Å². The third-order valence-electron chi connectivity index (χ3n) is 2.01. The zero-order valence-electron chi connectivity index (χ0n) is 8.21. The average Bonchev–Trinajstić information content (AvgIpc) is 2.18. The molecular weight excluding hydrogens is 215 g/mol. The van der Waals surface area contributed by atoms with Crippen LogP contribution in [0.3, 0.4) is 0 Å². The maximum Gasteiger partial charge on any atom is 0.343 e. The lowest BCUT2D eigenvalue weighted by molar-refractivity contribution is 0.347. The summed E-state index contributed by atoms with van der Waals surface area (Å²) in [6.07, 6.45) is 0. The predicted octanol–water partition coefficient (Wildman–Crippen LogP) is 0.239. The van der Waals surface area contributed by atoms with Crippen LogP contribution in [0.1, 0.15) is 5.56 Å². The van der Waals surface area contributed by atoms with Crippen LogP contribution in [0.2, 0.25) is 0 Å². The summed E-state index contributed by atoms with van der Waals surface area (Å²) in [6, 6.07) is 9.37. The molecule has 84 valence electrons. The van der Waals surface area contributed by atoms with Crippen LogP contribution in [0.5, 0.6) is 0 Å². The van der Waals surface area contributed by atoms with E-state index in [1.54, 1.807) is 0 Å². The lowest BCUT2D eigenvalue weighted by Crippen LogP contribution is -2.35. The second-order valence-corrected chi connectivity index (χ2v) is 5.01. The van der Waals surface area contributed by atoms with Crippen LogP contribution >= 0.6 is 7.60 Å². The van der Waals surface area contributed by atoms with Crippen LogP contribution in [0.25, 0.3) is 0 Å². The van der Waals surface area contributed by atoms with Gasteiger partial charge in [-0.05, 0) is 5.56 Å². The molecule has 0 heterocycles. The fourth-order valence-electron chi connectivity index (χ4n) is 1.17. The van der Waals surface area contributed by atoms with Gasteiger partial charge in [0.25, 0.3) is 0 Å². The Morgan fingerprint density at radius 3 is 2.40 bits per heavy atom. The molecule has 0 aromatic heterocycles. The van der Waals surface area contributed by atoms with Crippen molar-refractivity contribution in [1.82, 2.24) is 5.32 Å². The van der Waals surface area contributed by atoms with E-state index in [0.29, 0.717) is 6.54 Å². The van der Waals surface area contributed by atoms with E-state index in [2.05, 4.69) is 5.32 Å². The third kappa shape index (κ3) is 4.11. The Hall–Kier alpha value is -0.710. The second-order valence-electron chi connectivity index (χ2n) is 3.21. The van der Waals surface area contributed by atoms with Crippen LogP contribution in [0.15, 0.2) is 30.3 Å². The van der Waals surface area contributed by atoms with E-state index in [-0.39, 0.29) is 6.54 Å². The first-order valence-electron chi connectivity index (χ1n) is 4.56. The fourth-order valence-corrected chi connectivity index (χ4v) is 1.77. The standard InChI is InChI=1S/C9H15N2O3P/c10-6-9(15(12,13)14)11-7-8-4-2-1-3-5-8/h1-5,9,11H,6-7,10H2,(H2,12,13,14)/t9-/m0/s1. The predicted molar refractivity (Wildman–Crippen MR) is 58.2 cm³/mol. The highest BCUT2D eigenvalue weighted by Crippen LogP contribution is 2.38. The molecule has 0 aliphatic heterocycles. The van der Waals surface area contributed by atoms with Crippen molar-refractivity contribution in [3.05, 3.63) is 35.9 Å². The smallest absolute Gasteiger partial charge is 0.328 e. The minimum Gasteiger partial charge on any atom is -0.328 e. The van der Waals surface area contributed by atoms with Gasteiger partial charge in [-0.1, -0.05) is 30.3 Å². The van der Waals surface area contributed by atoms with Gasteiger partial charge in [-0.15, -0.1) is 0 Å². The van der Waals surface area contributed by atoms with Gasteiger partial charge in [0, 0.05) is 13.1 Å². The van der Waals surface area contributed by atoms with Gasteiger partial charge in [-0.25, -0.2) is 0 Å². The molecule has 0 fully saturated rings. The highest BCUT2D eigenvalue weighted by molar-refractivity contribution is 7.52. The van der Waals surface area contributed by atoms with Gasteiger partial charge in [0.2, 0.25) is 0 Å². The quantitative estimate of drug-likeness (QED) is 0.543. The zero-order chi connectivity index (χ0) is 11.3. The Kier molecular flexibility index (Phi) is 4.45. The molecule has 6 heteroatoms. The maximum atomic E-state index is 10.9. The molecule has 1 aromatic carbocycles. The molecule has 0 aliphatic carbocycles. The molecule has 0 bridgehead atoms. The largest absolute Gasteiger partial charge is 0.343 e. The molecule has 0 unspecified atom stereocenters. The van der Waals surface area contributed by atoms with Crippen molar-refractivity contribution in [1.29, 1.82) is 0 Å². The Morgan fingerprint density at radius 2 is 1.93 bits per heavy atom. The number of benzene rings is 1. The Morgan fingerprint density at radius 1 is 1.33 bits per heavy atom. The summed E-state index contributed by atoms with van der Waals surface area (Å²) in [6.45, 7) is 0.310. The molecular formula is C9H15N2O3P. The minimum absolute atomic E-state index is 0.0862. The van der Waals surface area contributed by atoms with E-state index in [9.17, 15) is 4.57 Å². The summed E-state index contributed by atoms with van der Waals surface area (Å²) >= 11 is 0. The van der Waals surface area contributed by atoms with Crippen LogP contribution in [-0.4, -0.2) is 22.1 Å². The van der Waals surface area contributed by atoms with E-state index in [1.165, 1.54) is 0 Å². The molecule has 0 spiro atoms. The Labute approximate surface area is 88.5 Å². The second kappa shape index (κ2) is 5.39. The number of hydrogen-bond acceptors (Lipinski definition) is 3. The summed E-state index contributed by atoms with van der Waals surface area (Å²) in [7, 11) is -4.15. The average molecular weight is 230 g/mol. The molecule has 5 nitrogen and oxygen atoms in total. The molecule has 1 atom stereocenters. The van der Waals surface area contributed by atoms with Gasteiger partial charge in [0.05, 0.1) is 0 Å². The summed E-state index contributed by atoms with van der Waals surface area (Å²) in [5.41, 5.74) is 6.23. The highest BCUT2D eigenvalue weighted by atomic mass is 31.2. The van der Waals surface area contributed by atoms with Crippen molar-refractivity contribution in [3.63, 3.8) is 0 Å². The molecule has 0 saturated heterocycles. The molecule has 15 heavy (non-hydrogen) atoms. The summed E-state index contributed by atoms with van der Waals surface area (Å²) in [5, 5.41) is 2.74. The topological polar surface area (TPSA) is 95.6 Å². The lowest BCUT2D eigenvalue weighted by atomic mass is 10.2. The number of rotatable bonds is 5. The number of nitrogens with two attached hydrogens (primary N) is 1. The molecule has 0 amide bonds. The van der Waals surface area contributed by atoms with Crippen LogP contribution in [-0.2, 0) is 11.1 Å². The first-order chi connectivity index (χ1) is 7.04. The van der Waals surface area contributed by atoms with E-state index in [1.807, 2.05) is 30.3 Å². The van der Waals surface area contributed by atoms with Gasteiger partial charge in [0.15, 0.2) is 0 Å². The molecule has 1 rings (SSSR count). The van der Waals surface area contributed by atoms with Crippen molar-refractivity contribution >= 4 is 7.60 Å². The highest BCUT2D eigenvalue weighted by Gasteiger charge is 2.26. The van der Waals surface area contributed by atoms with E-state index in [0.717, 1.165) is 5.56 Å². The van der Waals surface area contributed by atoms with Crippen LogP contribution in [0, 0.1) is 0 Å². The zero-order valence-corrected chi connectivity index (χ0v) is 9.10. The van der Waals surface area contributed by atoms with Gasteiger partial charge in [0.1, 0.15) is 5.78 Å². The normalized spacial score (nSPS) is 13.8. The van der Waals surface area contributed by atoms with Gasteiger partial charge < -0.3 is 15.5 Å². The van der Waals surface area contributed by atoms with Crippen LogP contribution in [0.4, 0.5) is 0 Å². The molecule has 0 radical (unpaired) electrons. The number of hydrogen-bond donors (Lipinski definition) is 4. The minimum atomic E-state index is -4.15. The van der Waals surface area contributed by atoms with Crippen molar-refractivity contribution in [2.45, 2.75) is 12.3 Å². The Bertz CT molecular complexity index is 338. The summed E-state index contributed by atoms with van der Waals surface area (Å²) in [4.78, 5) is 17.8. The summed E-state index contributed by atoms with van der Waals surface area (Å²) in [5.74, 6) is -0.974. The van der Waals surface area contributed by atoms with Crippen molar-refractivity contribution in [2.75, 3.05) is 6.54 Å². The molecule has 0 aliphatic rings. The van der Waals surface area contributed by atoms with Crippen molar-refractivity contribution in [3.8, 4) is 0 Å². The molecule has 5 N–H and O–H groups in total. The monoisotopic (exact) mass is 230 g/mol. The molecule has 1 aromatic rings. The fraction of sp³-hybridized carbons (Fsp3) is 0.333. The van der Waals surface area contributed by atoms with Crippen molar-refractivity contribution < 1.29 is 14.4 Å². The van der Waals surface area contributed by atoms with Gasteiger partial charge >= 0.3 is 7.60 Å². The first-order valence-corrected chi connectivity index (χ1v) is 6.25. The molecule has 0 saturated carbocycles. The van der Waals surface area contributed by atoms with Crippen LogP contribution < -0.4 is 11.1 Å². The summed E-state index contributed by atoms with van der Waals surface area (Å²) < 4.78 is 10.9. The van der Waals surface area contributed by atoms with Gasteiger partial charge in [-0.2, -0.15) is 0 Å². The third-order valence-corrected chi connectivity index (χ3v) is 3.22. The Balaban J connectivity index is 2.53. The van der Waals surface area contributed by atoms with E-state index >= 15 is 0 Å². The maximum absolute atomic E-state index is 10.9. The van der Waals surface area contributed by atoms with E-state index in [4.69, 9.17) is 15.5 Å². The van der Waals surface area contributed by atoms with Gasteiger partial charge in [-0.3, -0.25) is 9.88 Å². The lowest BCUT2D eigenvalue weighted by Gasteiger charge is -2.17. The van der Waals surface area contributed by atoms with Crippen molar-refractivity contribution in [2.24, 2.45) is 5.73 Å². The number of nitrogens with one attached hydrogen (secondary N) is 1. The first kappa shape index (κ1) is 12.4. The SMILES string of the molecule is NC[C@@H](NCc1ccccc1)P(=O)(O)O.